The van der Waals surface area contributed by atoms with Crippen molar-refractivity contribution in [2.45, 2.75) is 51.0 Å². The SMILES string of the molecule is CS(=O)(=O)N(CCNC(=O)Cc1cccs1)C1CCCCCC1. The van der Waals surface area contributed by atoms with Crippen LogP contribution in [0.25, 0.3) is 0 Å². The molecule has 0 aliphatic heterocycles. The van der Waals surface area contributed by atoms with Gasteiger partial charge in [0.25, 0.3) is 0 Å². The summed E-state index contributed by atoms with van der Waals surface area (Å²) in [5.74, 6) is -0.0539. The number of carbonyl (C=O) groups is 1. The van der Waals surface area contributed by atoms with Gasteiger partial charge < -0.3 is 5.32 Å². The number of nitrogens with zero attached hydrogens (tertiary/aromatic N) is 1. The van der Waals surface area contributed by atoms with Gasteiger partial charge in [0.15, 0.2) is 0 Å². The van der Waals surface area contributed by atoms with E-state index >= 15 is 0 Å². The minimum absolute atomic E-state index is 0.0539. The highest BCUT2D eigenvalue weighted by molar-refractivity contribution is 7.88. The summed E-state index contributed by atoms with van der Waals surface area (Å²) in [5, 5.41) is 4.78. The van der Waals surface area contributed by atoms with Gasteiger partial charge in [0.1, 0.15) is 0 Å². The molecule has 1 saturated carbocycles. The van der Waals surface area contributed by atoms with Crippen molar-refractivity contribution >= 4 is 27.3 Å². The second-order valence-corrected chi connectivity index (χ2v) is 9.09. The van der Waals surface area contributed by atoms with Crippen LogP contribution in [0.5, 0.6) is 0 Å². The lowest BCUT2D eigenvalue weighted by atomic mass is 10.1. The number of sulfonamides is 1. The molecule has 23 heavy (non-hydrogen) atoms. The van der Waals surface area contributed by atoms with Crippen LogP contribution in [0.3, 0.4) is 0 Å². The number of thiophene rings is 1. The van der Waals surface area contributed by atoms with E-state index in [9.17, 15) is 13.2 Å². The Morgan fingerprint density at radius 1 is 1.30 bits per heavy atom. The van der Waals surface area contributed by atoms with Crippen LogP contribution in [0.4, 0.5) is 0 Å². The van der Waals surface area contributed by atoms with Crippen molar-refractivity contribution in [1.82, 2.24) is 9.62 Å². The molecule has 2 rings (SSSR count). The lowest BCUT2D eigenvalue weighted by Gasteiger charge is -2.29. The van der Waals surface area contributed by atoms with Gasteiger partial charge in [-0.25, -0.2) is 8.42 Å². The highest BCUT2D eigenvalue weighted by Crippen LogP contribution is 2.23. The topological polar surface area (TPSA) is 66.5 Å². The zero-order valence-electron chi connectivity index (χ0n) is 13.7. The van der Waals surface area contributed by atoms with Crippen molar-refractivity contribution in [1.29, 1.82) is 0 Å². The molecule has 5 nitrogen and oxygen atoms in total. The fourth-order valence-corrected chi connectivity index (χ4v) is 4.98. The Kier molecular flexibility index (Phi) is 7.05. The van der Waals surface area contributed by atoms with Crippen LogP contribution < -0.4 is 5.32 Å². The summed E-state index contributed by atoms with van der Waals surface area (Å²) in [7, 11) is -3.24. The molecule has 1 amide bonds. The average molecular weight is 359 g/mol. The molecule has 1 heterocycles. The van der Waals surface area contributed by atoms with Gasteiger partial charge in [-0.2, -0.15) is 4.31 Å². The van der Waals surface area contributed by atoms with Crippen LogP contribution in [0.1, 0.15) is 43.4 Å². The Bertz CT molecular complexity index is 576. The number of hydrogen-bond acceptors (Lipinski definition) is 4. The lowest BCUT2D eigenvalue weighted by Crippen LogP contribution is -2.44. The molecule has 1 aromatic heterocycles. The predicted octanol–water partition coefficient (Wildman–Crippen LogP) is 2.39. The molecule has 7 heteroatoms. The molecule has 0 aromatic carbocycles. The molecular weight excluding hydrogens is 332 g/mol. The van der Waals surface area contributed by atoms with E-state index in [0.717, 1.165) is 30.6 Å². The molecule has 0 bridgehead atoms. The van der Waals surface area contributed by atoms with Gasteiger partial charge in [0.2, 0.25) is 15.9 Å². The molecule has 0 saturated heterocycles. The van der Waals surface area contributed by atoms with E-state index in [1.54, 1.807) is 15.6 Å². The largest absolute Gasteiger partial charge is 0.354 e. The Morgan fingerprint density at radius 2 is 2.00 bits per heavy atom. The minimum Gasteiger partial charge on any atom is -0.354 e. The van der Waals surface area contributed by atoms with Crippen molar-refractivity contribution in [3.63, 3.8) is 0 Å². The fourth-order valence-electron chi connectivity index (χ4n) is 3.10. The quantitative estimate of drug-likeness (QED) is 0.761. The molecule has 0 spiro atoms. The van der Waals surface area contributed by atoms with Gasteiger partial charge in [-0.15, -0.1) is 11.3 Å². The first kappa shape index (κ1) is 18.4. The van der Waals surface area contributed by atoms with Gasteiger partial charge in [0, 0.05) is 24.0 Å². The van der Waals surface area contributed by atoms with E-state index in [1.165, 1.54) is 19.1 Å². The van der Waals surface area contributed by atoms with Gasteiger partial charge >= 0.3 is 0 Å². The highest BCUT2D eigenvalue weighted by atomic mass is 32.2. The van der Waals surface area contributed by atoms with Gasteiger partial charge in [-0.3, -0.25) is 4.79 Å². The minimum atomic E-state index is -3.24. The van der Waals surface area contributed by atoms with E-state index in [-0.39, 0.29) is 11.9 Å². The Labute approximate surface area is 143 Å². The van der Waals surface area contributed by atoms with Crippen molar-refractivity contribution < 1.29 is 13.2 Å². The Morgan fingerprint density at radius 3 is 2.57 bits per heavy atom. The molecule has 1 aliphatic carbocycles. The molecule has 130 valence electrons. The summed E-state index contributed by atoms with van der Waals surface area (Å²) in [6.07, 6.45) is 8.03. The van der Waals surface area contributed by atoms with Crippen LogP contribution >= 0.6 is 11.3 Å². The van der Waals surface area contributed by atoms with Crippen LogP contribution in [0.2, 0.25) is 0 Å². The van der Waals surface area contributed by atoms with E-state index in [2.05, 4.69) is 5.32 Å². The highest BCUT2D eigenvalue weighted by Gasteiger charge is 2.26. The first-order valence-electron chi connectivity index (χ1n) is 8.23. The monoisotopic (exact) mass is 358 g/mol. The molecule has 1 N–H and O–H groups in total. The maximum absolute atomic E-state index is 12.1. The van der Waals surface area contributed by atoms with Crippen molar-refractivity contribution in [2.75, 3.05) is 19.3 Å². The van der Waals surface area contributed by atoms with E-state index < -0.39 is 10.0 Å². The molecule has 1 aliphatic rings. The molecular formula is C16H26N2O3S2. The first-order chi connectivity index (χ1) is 11.0. The summed E-state index contributed by atoms with van der Waals surface area (Å²) >= 11 is 1.55. The van der Waals surface area contributed by atoms with Crippen LogP contribution in [-0.2, 0) is 21.2 Å². The predicted molar refractivity (Wildman–Crippen MR) is 94.1 cm³/mol. The number of carbonyl (C=O) groups excluding carboxylic acids is 1. The zero-order chi connectivity index (χ0) is 16.7. The molecule has 0 radical (unpaired) electrons. The summed E-state index contributed by atoms with van der Waals surface area (Å²) in [5.41, 5.74) is 0. The second kappa shape index (κ2) is 8.80. The van der Waals surface area contributed by atoms with Crippen molar-refractivity contribution in [2.24, 2.45) is 0 Å². The van der Waals surface area contributed by atoms with Gasteiger partial charge in [-0.05, 0) is 24.3 Å². The van der Waals surface area contributed by atoms with Crippen LogP contribution in [0.15, 0.2) is 17.5 Å². The fraction of sp³-hybridized carbons (Fsp3) is 0.688. The van der Waals surface area contributed by atoms with E-state index in [4.69, 9.17) is 0 Å². The zero-order valence-corrected chi connectivity index (χ0v) is 15.3. The number of amides is 1. The summed E-state index contributed by atoms with van der Waals surface area (Å²) < 4.78 is 25.8. The van der Waals surface area contributed by atoms with Gasteiger partial charge in [0.05, 0.1) is 12.7 Å². The van der Waals surface area contributed by atoms with Gasteiger partial charge in [-0.1, -0.05) is 31.7 Å². The molecule has 1 aromatic rings. The third-order valence-corrected chi connectivity index (χ3v) is 6.44. The normalized spacial score (nSPS) is 17.1. The summed E-state index contributed by atoms with van der Waals surface area (Å²) in [6, 6.07) is 3.94. The Balaban J connectivity index is 1.84. The first-order valence-corrected chi connectivity index (χ1v) is 11.0. The summed E-state index contributed by atoms with van der Waals surface area (Å²) in [4.78, 5) is 12.9. The standard InChI is InChI=1S/C16H26N2O3S2/c1-23(20,21)18(14-7-4-2-3-5-8-14)11-10-17-16(19)13-15-9-6-12-22-15/h6,9,12,14H,2-5,7-8,10-11,13H2,1H3,(H,17,19). The maximum Gasteiger partial charge on any atom is 0.225 e. The second-order valence-electron chi connectivity index (χ2n) is 6.13. The third kappa shape index (κ3) is 6.24. The molecule has 1 fully saturated rings. The molecule has 0 atom stereocenters. The number of hydrogen-bond donors (Lipinski definition) is 1. The maximum atomic E-state index is 12.1. The third-order valence-electron chi connectivity index (χ3n) is 4.23. The number of rotatable bonds is 7. The summed E-state index contributed by atoms with van der Waals surface area (Å²) in [6.45, 7) is 0.730. The average Bonchev–Trinajstić information content (AvgIpc) is 2.83. The molecule has 0 unspecified atom stereocenters. The lowest BCUT2D eigenvalue weighted by molar-refractivity contribution is -0.120. The van der Waals surface area contributed by atoms with Crippen LogP contribution in [-0.4, -0.2) is 44.0 Å². The Hall–Kier alpha value is -0.920. The van der Waals surface area contributed by atoms with E-state index in [0.29, 0.717) is 19.5 Å². The van der Waals surface area contributed by atoms with Crippen molar-refractivity contribution in [3.05, 3.63) is 22.4 Å². The smallest absolute Gasteiger partial charge is 0.225 e. The van der Waals surface area contributed by atoms with Crippen molar-refractivity contribution in [3.8, 4) is 0 Å². The van der Waals surface area contributed by atoms with Crippen LogP contribution in [0, 0.1) is 0 Å². The van der Waals surface area contributed by atoms with E-state index in [1.807, 2.05) is 17.5 Å². The number of nitrogens with one attached hydrogen (secondary N) is 1.